The first-order chi connectivity index (χ1) is 16.8. The van der Waals surface area contributed by atoms with Crippen LogP contribution in [0.1, 0.15) is 129 Å². The Morgan fingerprint density at radius 1 is 0.571 bits per heavy atom. The van der Waals surface area contributed by atoms with Crippen LogP contribution in [0.15, 0.2) is 12.2 Å². The molecule has 0 saturated heterocycles. The number of carbonyl (C=O) groups is 2. The lowest BCUT2D eigenvalue weighted by Crippen LogP contribution is -2.10. The second-order valence-corrected chi connectivity index (χ2v) is 10.9. The van der Waals surface area contributed by atoms with Gasteiger partial charge < -0.3 is 9.47 Å². The number of ether oxygens (including phenoxy) is 2. The van der Waals surface area contributed by atoms with Crippen LogP contribution in [0.3, 0.4) is 0 Å². The van der Waals surface area contributed by atoms with Crippen molar-refractivity contribution in [3.63, 3.8) is 0 Å². The molecule has 0 heterocycles. The van der Waals surface area contributed by atoms with Crippen LogP contribution in [-0.2, 0) is 29.2 Å². The van der Waals surface area contributed by atoms with E-state index in [1.54, 1.807) is 0 Å². The third-order valence-electron chi connectivity index (χ3n) is 5.89. The first kappa shape index (κ1) is 33.6. The second kappa shape index (κ2) is 24.3. The minimum atomic E-state index is -4.06. The van der Waals surface area contributed by atoms with Gasteiger partial charge in [0.15, 0.2) is 0 Å². The molecule has 1 N–H and O–H groups in total. The molecule has 206 valence electrons. The molecule has 0 saturated carbocycles. The first-order valence-corrected chi connectivity index (χ1v) is 15.4. The van der Waals surface area contributed by atoms with Gasteiger partial charge >= 0.3 is 11.9 Å². The summed E-state index contributed by atoms with van der Waals surface area (Å²) in [5.41, 5.74) is 0. The Balaban J connectivity index is 3.35. The van der Waals surface area contributed by atoms with Gasteiger partial charge in [0.25, 0.3) is 10.1 Å². The highest BCUT2D eigenvalue weighted by Gasteiger charge is 2.05. The molecule has 0 spiro atoms. The molecule has 0 radical (unpaired) electrons. The Bertz CT molecular complexity index is 644. The maximum absolute atomic E-state index is 11.6. The van der Waals surface area contributed by atoms with E-state index in [1.807, 2.05) is 0 Å². The van der Waals surface area contributed by atoms with Crippen LogP contribution in [0.4, 0.5) is 0 Å². The number of unbranched alkanes of at least 4 members (excludes halogenated alkanes) is 17. The zero-order valence-electron chi connectivity index (χ0n) is 22.0. The molecule has 7 nitrogen and oxygen atoms in total. The van der Waals surface area contributed by atoms with E-state index in [-0.39, 0.29) is 13.0 Å². The molecule has 35 heavy (non-hydrogen) atoms. The van der Waals surface area contributed by atoms with Crippen molar-refractivity contribution in [3.05, 3.63) is 12.2 Å². The van der Waals surface area contributed by atoms with E-state index in [0.717, 1.165) is 31.4 Å². The van der Waals surface area contributed by atoms with Gasteiger partial charge in [-0.3, -0.25) is 4.55 Å². The number of hydrogen-bond donors (Lipinski definition) is 1. The van der Waals surface area contributed by atoms with Gasteiger partial charge in [0.2, 0.25) is 0 Å². The molecule has 0 bridgehead atoms. The highest BCUT2D eigenvalue weighted by Crippen LogP contribution is 2.14. The molecule has 0 aliphatic carbocycles. The van der Waals surface area contributed by atoms with E-state index in [9.17, 15) is 18.0 Å². The summed E-state index contributed by atoms with van der Waals surface area (Å²) in [6, 6.07) is 0. The fourth-order valence-corrected chi connectivity index (χ4v) is 4.31. The molecule has 0 aliphatic rings. The van der Waals surface area contributed by atoms with Crippen LogP contribution >= 0.6 is 0 Å². The molecule has 0 fully saturated rings. The third-order valence-corrected chi connectivity index (χ3v) is 6.69. The van der Waals surface area contributed by atoms with Crippen LogP contribution in [0.5, 0.6) is 0 Å². The van der Waals surface area contributed by atoms with Crippen LogP contribution in [0, 0.1) is 0 Å². The Kier molecular flexibility index (Phi) is 23.3. The average molecular weight is 519 g/mol. The standard InChI is InChI=1S/C27H50O7S/c1-2-3-4-5-6-7-8-9-10-11-12-13-14-15-16-17-18-19-23-33-26(28)21-22-27(29)34-24-20-25-35(30,31)32/h21-22H,2-20,23-25H2,1H3,(H,30,31,32)/b22-21-. The Morgan fingerprint density at radius 3 is 1.23 bits per heavy atom. The minimum absolute atomic E-state index is 0.0117. The van der Waals surface area contributed by atoms with Gasteiger partial charge in [-0.05, 0) is 12.8 Å². The Morgan fingerprint density at radius 2 is 0.886 bits per heavy atom. The second-order valence-electron chi connectivity index (χ2n) is 9.32. The summed E-state index contributed by atoms with van der Waals surface area (Å²) >= 11 is 0. The van der Waals surface area contributed by atoms with Gasteiger partial charge in [-0.15, -0.1) is 0 Å². The van der Waals surface area contributed by atoms with Gasteiger partial charge in [0.05, 0.1) is 19.0 Å². The number of esters is 2. The van der Waals surface area contributed by atoms with Gasteiger partial charge in [-0.1, -0.05) is 116 Å². The lowest BCUT2D eigenvalue weighted by Gasteiger charge is -2.04. The third kappa shape index (κ3) is 28.7. The van der Waals surface area contributed by atoms with E-state index < -0.39 is 27.8 Å². The monoisotopic (exact) mass is 518 g/mol. The van der Waals surface area contributed by atoms with Crippen molar-refractivity contribution in [1.82, 2.24) is 0 Å². The summed E-state index contributed by atoms with van der Waals surface area (Å²) in [4.78, 5) is 23.0. The molecule has 0 aromatic heterocycles. The molecule has 0 unspecified atom stereocenters. The number of hydrogen-bond acceptors (Lipinski definition) is 6. The summed E-state index contributed by atoms with van der Waals surface area (Å²) in [6.07, 6.45) is 25.4. The largest absolute Gasteiger partial charge is 0.463 e. The molecule has 0 rings (SSSR count). The van der Waals surface area contributed by atoms with Crippen LogP contribution in [0.2, 0.25) is 0 Å². The molecular weight excluding hydrogens is 468 g/mol. The van der Waals surface area contributed by atoms with E-state index in [0.29, 0.717) is 6.61 Å². The van der Waals surface area contributed by atoms with Crippen molar-refractivity contribution in [2.24, 2.45) is 0 Å². The van der Waals surface area contributed by atoms with E-state index in [2.05, 4.69) is 6.92 Å². The van der Waals surface area contributed by atoms with Crippen molar-refractivity contribution in [3.8, 4) is 0 Å². The van der Waals surface area contributed by atoms with Crippen molar-refractivity contribution in [1.29, 1.82) is 0 Å². The normalized spacial score (nSPS) is 11.7. The summed E-state index contributed by atoms with van der Waals surface area (Å²) in [5, 5.41) is 0. The molecule has 0 amide bonds. The Labute approximate surface area is 214 Å². The van der Waals surface area contributed by atoms with Crippen molar-refractivity contribution in [2.75, 3.05) is 19.0 Å². The number of carbonyl (C=O) groups excluding carboxylic acids is 2. The van der Waals surface area contributed by atoms with Crippen LogP contribution in [-0.4, -0.2) is 43.9 Å². The molecule has 8 heteroatoms. The molecule has 0 atom stereocenters. The topological polar surface area (TPSA) is 107 Å². The van der Waals surface area contributed by atoms with Crippen molar-refractivity contribution >= 4 is 22.1 Å². The highest BCUT2D eigenvalue weighted by atomic mass is 32.2. The predicted octanol–water partition coefficient (Wildman–Crippen LogP) is 6.95. The average Bonchev–Trinajstić information content (AvgIpc) is 2.81. The summed E-state index contributed by atoms with van der Waals surface area (Å²) in [7, 11) is -4.06. The summed E-state index contributed by atoms with van der Waals surface area (Å²) in [5.74, 6) is -1.84. The quantitative estimate of drug-likeness (QED) is 0.0603. The Hall–Kier alpha value is -1.41. The van der Waals surface area contributed by atoms with Crippen molar-refractivity contribution in [2.45, 2.75) is 129 Å². The summed E-state index contributed by atoms with van der Waals surface area (Å²) < 4.78 is 39.4. The van der Waals surface area contributed by atoms with E-state index in [1.165, 1.54) is 96.3 Å². The molecular formula is C27H50O7S. The molecule has 0 aliphatic heterocycles. The molecule has 0 aromatic rings. The zero-order valence-corrected chi connectivity index (χ0v) is 22.8. The summed E-state index contributed by atoms with van der Waals surface area (Å²) in [6.45, 7) is 2.43. The maximum Gasteiger partial charge on any atom is 0.331 e. The fourth-order valence-electron chi connectivity index (χ4n) is 3.82. The zero-order chi connectivity index (χ0) is 26.0. The lowest BCUT2D eigenvalue weighted by molar-refractivity contribution is -0.140. The highest BCUT2D eigenvalue weighted by molar-refractivity contribution is 7.85. The van der Waals surface area contributed by atoms with E-state index >= 15 is 0 Å². The van der Waals surface area contributed by atoms with Crippen molar-refractivity contribution < 1.29 is 32.0 Å². The minimum Gasteiger partial charge on any atom is -0.463 e. The van der Waals surface area contributed by atoms with Gasteiger partial charge in [0.1, 0.15) is 0 Å². The van der Waals surface area contributed by atoms with Gasteiger partial charge in [-0.25, -0.2) is 9.59 Å². The molecule has 0 aromatic carbocycles. The first-order valence-electron chi connectivity index (χ1n) is 13.8. The lowest BCUT2D eigenvalue weighted by atomic mass is 10.0. The SMILES string of the molecule is CCCCCCCCCCCCCCCCCCCCOC(=O)/C=C\C(=O)OCCCS(=O)(=O)O. The fraction of sp³-hybridized carbons (Fsp3) is 0.852. The van der Waals surface area contributed by atoms with Crippen LogP contribution < -0.4 is 0 Å². The van der Waals surface area contributed by atoms with Gasteiger partial charge in [-0.2, -0.15) is 8.42 Å². The smallest absolute Gasteiger partial charge is 0.331 e. The van der Waals surface area contributed by atoms with E-state index in [4.69, 9.17) is 14.0 Å². The predicted molar refractivity (Wildman–Crippen MR) is 141 cm³/mol. The van der Waals surface area contributed by atoms with Crippen LogP contribution in [0.25, 0.3) is 0 Å². The van der Waals surface area contributed by atoms with Gasteiger partial charge in [0, 0.05) is 12.2 Å². The maximum atomic E-state index is 11.6. The number of rotatable bonds is 25.